The molecular weight excluding hydrogens is 330 g/mol. The number of rotatable bonds is 5. The molecule has 136 valence electrons. The summed E-state index contributed by atoms with van der Waals surface area (Å²) in [4.78, 5) is 2.49. The van der Waals surface area contributed by atoms with Gasteiger partial charge in [0.1, 0.15) is 0 Å². The maximum atomic E-state index is 6.22. The van der Waals surface area contributed by atoms with Crippen molar-refractivity contribution in [3.05, 3.63) is 108 Å². The molecule has 1 fully saturated rings. The van der Waals surface area contributed by atoms with E-state index in [0.29, 0.717) is 0 Å². The van der Waals surface area contributed by atoms with Crippen molar-refractivity contribution in [3.63, 3.8) is 0 Å². The Labute approximate surface area is 161 Å². The second-order valence-electron chi connectivity index (χ2n) is 6.96. The fourth-order valence-corrected chi connectivity index (χ4v) is 3.60. The van der Waals surface area contributed by atoms with Crippen molar-refractivity contribution in [2.24, 2.45) is 0 Å². The molecule has 4 rings (SSSR count). The molecule has 0 N–H and O–H groups in total. The van der Waals surface area contributed by atoms with Crippen LogP contribution in [0.4, 0.5) is 0 Å². The van der Waals surface area contributed by atoms with Crippen molar-refractivity contribution in [1.29, 1.82) is 0 Å². The van der Waals surface area contributed by atoms with Gasteiger partial charge in [0.2, 0.25) is 0 Å². The second kappa shape index (κ2) is 8.81. The number of hydrogen-bond acceptors (Lipinski definition) is 2. The number of morpholine rings is 1. The van der Waals surface area contributed by atoms with E-state index in [1.165, 1.54) is 22.3 Å². The first-order valence-corrected chi connectivity index (χ1v) is 9.58. The van der Waals surface area contributed by atoms with Gasteiger partial charge in [-0.1, -0.05) is 91.0 Å². The van der Waals surface area contributed by atoms with Gasteiger partial charge in [0, 0.05) is 19.6 Å². The Kier molecular flexibility index (Phi) is 5.78. The molecule has 0 aliphatic carbocycles. The Balaban J connectivity index is 1.59. The molecular formula is C25H25NO. The molecule has 1 aliphatic rings. The molecule has 2 nitrogen and oxygen atoms in total. The minimum atomic E-state index is 0.0741. The predicted molar refractivity (Wildman–Crippen MR) is 112 cm³/mol. The van der Waals surface area contributed by atoms with Crippen LogP contribution in [0.1, 0.15) is 16.7 Å². The molecule has 1 heterocycles. The zero-order valence-corrected chi connectivity index (χ0v) is 15.5. The van der Waals surface area contributed by atoms with Crippen LogP contribution in [-0.4, -0.2) is 30.7 Å². The molecule has 0 spiro atoms. The van der Waals surface area contributed by atoms with Crippen LogP contribution >= 0.6 is 0 Å². The summed E-state index contributed by atoms with van der Waals surface area (Å²) in [5, 5.41) is 0. The summed E-state index contributed by atoms with van der Waals surface area (Å²) < 4.78 is 6.22. The number of ether oxygens (including phenoxy) is 1. The van der Waals surface area contributed by atoms with Crippen LogP contribution in [0.15, 0.2) is 91.0 Å². The van der Waals surface area contributed by atoms with E-state index in [1.807, 2.05) is 0 Å². The third kappa shape index (κ3) is 4.73. The lowest BCUT2D eigenvalue weighted by Gasteiger charge is -2.34. The summed E-state index contributed by atoms with van der Waals surface area (Å²) >= 11 is 0. The van der Waals surface area contributed by atoms with Crippen LogP contribution in [0.5, 0.6) is 0 Å². The van der Waals surface area contributed by atoms with Gasteiger partial charge in [-0.25, -0.2) is 0 Å². The average molecular weight is 355 g/mol. The minimum absolute atomic E-state index is 0.0741. The SMILES string of the molecule is C(=C(\c1ccccc1)C1CN(Cc2ccccc2)CCO1)/c1ccccc1. The molecule has 0 amide bonds. The van der Waals surface area contributed by atoms with E-state index in [-0.39, 0.29) is 6.10 Å². The quantitative estimate of drug-likeness (QED) is 0.589. The van der Waals surface area contributed by atoms with Crippen LogP contribution in [0, 0.1) is 0 Å². The number of nitrogens with zero attached hydrogens (tertiary/aromatic N) is 1. The summed E-state index contributed by atoms with van der Waals surface area (Å²) in [6.45, 7) is 3.60. The van der Waals surface area contributed by atoms with E-state index in [9.17, 15) is 0 Å². The van der Waals surface area contributed by atoms with E-state index in [0.717, 1.165) is 26.2 Å². The third-order valence-electron chi connectivity index (χ3n) is 4.98. The molecule has 1 saturated heterocycles. The molecule has 0 radical (unpaired) electrons. The monoisotopic (exact) mass is 355 g/mol. The molecule has 0 bridgehead atoms. The summed E-state index contributed by atoms with van der Waals surface area (Å²) in [5.41, 5.74) is 5.04. The molecule has 0 saturated carbocycles. The standard InChI is InChI=1S/C25H25NO/c1-4-10-21(11-5-1)18-24(23-14-8-3-9-15-23)25-20-26(16-17-27-25)19-22-12-6-2-7-13-22/h1-15,18,25H,16-17,19-20H2/b24-18-. The van der Waals surface area contributed by atoms with Crippen LogP contribution in [0.2, 0.25) is 0 Å². The molecule has 0 aromatic heterocycles. The first kappa shape index (κ1) is 17.7. The molecule has 2 heteroatoms. The largest absolute Gasteiger partial charge is 0.371 e. The lowest BCUT2D eigenvalue weighted by atomic mass is 9.96. The second-order valence-corrected chi connectivity index (χ2v) is 6.96. The zero-order valence-electron chi connectivity index (χ0n) is 15.5. The van der Waals surface area contributed by atoms with Gasteiger partial charge < -0.3 is 4.74 Å². The Morgan fingerprint density at radius 2 is 1.48 bits per heavy atom. The summed E-state index contributed by atoms with van der Waals surface area (Å²) in [6, 6.07) is 31.8. The van der Waals surface area contributed by atoms with E-state index >= 15 is 0 Å². The lowest BCUT2D eigenvalue weighted by molar-refractivity contribution is -0.00113. The predicted octanol–water partition coefficient (Wildman–Crippen LogP) is 5.13. The van der Waals surface area contributed by atoms with Gasteiger partial charge in [-0.15, -0.1) is 0 Å². The highest BCUT2D eigenvalue weighted by Gasteiger charge is 2.24. The average Bonchev–Trinajstić information content (AvgIpc) is 2.74. The van der Waals surface area contributed by atoms with Crippen LogP contribution in [0.3, 0.4) is 0 Å². The number of benzene rings is 3. The molecule has 1 atom stereocenters. The maximum absolute atomic E-state index is 6.22. The fraction of sp³-hybridized carbons (Fsp3) is 0.200. The van der Waals surface area contributed by atoms with Gasteiger partial charge >= 0.3 is 0 Å². The van der Waals surface area contributed by atoms with Crippen LogP contribution in [-0.2, 0) is 11.3 Å². The van der Waals surface area contributed by atoms with Crippen LogP contribution < -0.4 is 0 Å². The van der Waals surface area contributed by atoms with Gasteiger partial charge in [-0.3, -0.25) is 4.90 Å². The van der Waals surface area contributed by atoms with Crippen molar-refractivity contribution in [1.82, 2.24) is 4.90 Å². The highest BCUT2D eigenvalue weighted by molar-refractivity contribution is 5.84. The van der Waals surface area contributed by atoms with Gasteiger partial charge in [0.05, 0.1) is 12.7 Å². The van der Waals surface area contributed by atoms with Gasteiger partial charge in [0.15, 0.2) is 0 Å². The van der Waals surface area contributed by atoms with Gasteiger partial charge in [-0.05, 0) is 28.3 Å². The minimum Gasteiger partial charge on any atom is -0.371 e. The smallest absolute Gasteiger partial charge is 0.0958 e. The zero-order chi connectivity index (χ0) is 18.3. The van der Waals surface area contributed by atoms with E-state index in [1.54, 1.807) is 0 Å². The molecule has 3 aromatic rings. The summed E-state index contributed by atoms with van der Waals surface area (Å²) in [7, 11) is 0. The normalized spacial score (nSPS) is 18.4. The fourth-order valence-electron chi connectivity index (χ4n) is 3.60. The lowest BCUT2D eigenvalue weighted by Crippen LogP contribution is -2.42. The van der Waals surface area contributed by atoms with E-state index < -0.39 is 0 Å². The Morgan fingerprint density at radius 1 is 0.852 bits per heavy atom. The van der Waals surface area contributed by atoms with Crippen molar-refractivity contribution in [2.45, 2.75) is 12.6 Å². The van der Waals surface area contributed by atoms with Crippen LogP contribution in [0.25, 0.3) is 11.6 Å². The Hall–Kier alpha value is -2.68. The maximum Gasteiger partial charge on any atom is 0.0958 e. The van der Waals surface area contributed by atoms with Gasteiger partial charge in [0.25, 0.3) is 0 Å². The third-order valence-corrected chi connectivity index (χ3v) is 4.98. The topological polar surface area (TPSA) is 12.5 Å². The molecule has 1 unspecified atom stereocenters. The molecule has 27 heavy (non-hydrogen) atoms. The highest BCUT2D eigenvalue weighted by atomic mass is 16.5. The van der Waals surface area contributed by atoms with E-state index in [2.05, 4.69) is 102 Å². The number of hydrogen-bond donors (Lipinski definition) is 0. The Morgan fingerprint density at radius 3 is 2.19 bits per heavy atom. The first-order valence-electron chi connectivity index (χ1n) is 9.58. The summed E-state index contributed by atoms with van der Waals surface area (Å²) in [6.07, 6.45) is 2.34. The van der Waals surface area contributed by atoms with Crippen molar-refractivity contribution >= 4 is 11.6 Å². The van der Waals surface area contributed by atoms with Gasteiger partial charge in [-0.2, -0.15) is 0 Å². The van der Waals surface area contributed by atoms with Crippen molar-refractivity contribution in [3.8, 4) is 0 Å². The van der Waals surface area contributed by atoms with Crippen molar-refractivity contribution in [2.75, 3.05) is 19.7 Å². The molecule has 3 aromatic carbocycles. The van der Waals surface area contributed by atoms with E-state index in [4.69, 9.17) is 4.74 Å². The summed E-state index contributed by atoms with van der Waals surface area (Å²) in [5.74, 6) is 0. The first-order chi connectivity index (χ1) is 13.4. The Bertz CT molecular complexity index is 859. The highest BCUT2D eigenvalue weighted by Crippen LogP contribution is 2.27. The van der Waals surface area contributed by atoms with Crippen molar-refractivity contribution < 1.29 is 4.74 Å². The molecule has 1 aliphatic heterocycles.